The largest absolute Gasteiger partial charge is 0.449 e. The lowest BCUT2D eigenvalue weighted by Crippen LogP contribution is -2.54. The Morgan fingerprint density at radius 1 is 1.15 bits per heavy atom. The first-order valence-electron chi connectivity index (χ1n) is 9.72. The molecule has 0 radical (unpaired) electrons. The first-order chi connectivity index (χ1) is 15.4. The number of carbonyl (C=O) groups is 1. The number of ether oxygens (including phenoxy) is 1. The highest BCUT2D eigenvalue weighted by atomic mass is 19.4. The summed E-state index contributed by atoms with van der Waals surface area (Å²) in [5.74, 6) is 0.0991. The van der Waals surface area contributed by atoms with Crippen molar-refractivity contribution in [3.8, 4) is 0 Å². The summed E-state index contributed by atoms with van der Waals surface area (Å²) >= 11 is 0. The van der Waals surface area contributed by atoms with E-state index in [9.17, 15) is 35.9 Å². The molecule has 0 spiro atoms. The van der Waals surface area contributed by atoms with Gasteiger partial charge in [0.15, 0.2) is 0 Å². The van der Waals surface area contributed by atoms with E-state index in [4.69, 9.17) is 4.74 Å². The zero-order valence-corrected chi connectivity index (χ0v) is 17.2. The number of amides is 1. The molecule has 1 amide bonds. The molecule has 33 heavy (non-hydrogen) atoms. The van der Waals surface area contributed by atoms with Crippen molar-refractivity contribution in [1.29, 1.82) is 0 Å². The van der Waals surface area contributed by atoms with Gasteiger partial charge < -0.3 is 19.5 Å². The number of hydrogen-bond donors (Lipinski definition) is 1. The fourth-order valence-electron chi connectivity index (χ4n) is 3.27. The molecule has 3 heterocycles. The van der Waals surface area contributed by atoms with Crippen LogP contribution in [-0.2, 0) is 23.5 Å². The predicted octanol–water partition coefficient (Wildman–Crippen LogP) is 3.09. The fourth-order valence-corrected chi connectivity index (χ4v) is 3.27. The number of aromatic nitrogens is 3. The zero-order chi connectivity index (χ0) is 24.4. The lowest BCUT2D eigenvalue weighted by atomic mass is 10.1. The number of hydrogen-bond acceptors (Lipinski definition) is 6. The number of carbonyl (C=O) groups excluding carboxylic acids is 1. The predicted molar refractivity (Wildman–Crippen MR) is 103 cm³/mol. The van der Waals surface area contributed by atoms with E-state index >= 15 is 0 Å². The molecule has 14 heteroatoms. The third kappa shape index (κ3) is 5.93. The van der Waals surface area contributed by atoms with Gasteiger partial charge in [0.2, 0.25) is 5.95 Å². The minimum Gasteiger partial charge on any atom is -0.449 e. The van der Waals surface area contributed by atoms with Crippen molar-refractivity contribution >= 4 is 12.0 Å². The van der Waals surface area contributed by atoms with Crippen LogP contribution in [0.3, 0.4) is 0 Å². The average Bonchev–Trinajstić information content (AvgIpc) is 2.73. The van der Waals surface area contributed by atoms with E-state index in [0.29, 0.717) is 18.5 Å². The van der Waals surface area contributed by atoms with Gasteiger partial charge in [0.25, 0.3) is 5.56 Å². The minimum absolute atomic E-state index is 0.0412. The van der Waals surface area contributed by atoms with E-state index in [2.05, 4.69) is 9.97 Å². The van der Waals surface area contributed by atoms with E-state index in [1.807, 2.05) is 4.98 Å². The average molecular weight is 479 g/mol. The Labute approximate surface area is 183 Å². The van der Waals surface area contributed by atoms with Crippen LogP contribution in [0.1, 0.15) is 23.6 Å². The molecule has 180 valence electrons. The van der Waals surface area contributed by atoms with Crippen LogP contribution in [0.5, 0.6) is 0 Å². The molecule has 1 fully saturated rings. The van der Waals surface area contributed by atoms with E-state index < -0.39 is 35.1 Å². The Hall–Kier alpha value is -3.32. The van der Waals surface area contributed by atoms with Crippen molar-refractivity contribution < 1.29 is 35.9 Å². The molecule has 1 atom stereocenters. The van der Waals surface area contributed by atoms with Crippen LogP contribution >= 0.6 is 0 Å². The summed E-state index contributed by atoms with van der Waals surface area (Å²) in [7, 11) is 0. The lowest BCUT2D eigenvalue weighted by Gasteiger charge is -2.39. The van der Waals surface area contributed by atoms with Crippen LogP contribution in [0.25, 0.3) is 0 Å². The standard InChI is InChI=1S/C19H19F6N5O3/c1-11-10-29(3-4-30(11)16-27-8-13(9-28-16)18(20,21)22)17(32)33-5-2-12-6-14(19(23,24)25)15(31)26-7-12/h6-9,11H,2-5,10H2,1H3,(H,26,31)/t11-/m0/s1. The number of pyridine rings is 1. The molecule has 0 aliphatic carbocycles. The Bertz CT molecular complexity index is 1040. The van der Waals surface area contributed by atoms with Gasteiger partial charge in [-0.25, -0.2) is 14.8 Å². The van der Waals surface area contributed by atoms with Gasteiger partial charge in [0.05, 0.1) is 12.2 Å². The van der Waals surface area contributed by atoms with Gasteiger partial charge >= 0.3 is 18.4 Å². The second kappa shape index (κ2) is 9.27. The summed E-state index contributed by atoms with van der Waals surface area (Å²) in [6.45, 7) is 2.14. The van der Waals surface area contributed by atoms with Crippen LogP contribution in [0.4, 0.5) is 37.1 Å². The molecule has 1 aliphatic heterocycles. The van der Waals surface area contributed by atoms with Gasteiger partial charge in [-0.3, -0.25) is 4.79 Å². The van der Waals surface area contributed by atoms with Crippen LogP contribution in [0.15, 0.2) is 29.5 Å². The molecule has 1 saturated heterocycles. The first-order valence-corrected chi connectivity index (χ1v) is 9.72. The molecule has 1 N–H and O–H groups in total. The van der Waals surface area contributed by atoms with E-state index in [1.54, 1.807) is 11.8 Å². The van der Waals surface area contributed by atoms with Crippen LogP contribution in [0.2, 0.25) is 0 Å². The highest BCUT2D eigenvalue weighted by Gasteiger charge is 2.35. The molecule has 0 bridgehead atoms. The number of anilines is 1. The number of rotatable bonds is 4. The van der Waals surface area contributed by atoms with Crippen molar-refractivity contribution in [3.63, 3.8) is 0 Å². The topological polar surface area (TPSA) is 91.4 Å². The summed E-state index contributed by atoms with van der Waals surface area (Å²) in [5.41, 5.74) is -3.41. The highest BCUT2D eigenvalue weighted by Crippen LogP contribution is 2.29. The van der Waals surface area contributed by atoms with Gasteiger partial charge in [-0.1, -0.05) is 0 Å². The Balaban J connectivity index is 1.52. The molecular weight excluding hydrogens is 460 g/mol. The van der Waals surface area contributed by atoms with Crippen LogP contribution in [-0.4, -0.2) is 58.2 Å². The lowest BCUT2D eigenvalue weighted by molar-refractivity contribution is -0.139. The molecule has 3 rings (SSSR count). The third-order valence-electron chi connectivity index (χ3n) is 4.99. The molecule has 0 unspecified atom stereocenters. The Kier molecular flexibility index (Phi) is 6.84. The Morgan fingerprint density at radius 3 is 2.39 bits per heavy atom. The van der Waals surface area contributed by atoms with Crippen molar-refractivity contribution in [1.82, 2.24) is 19.9 Å². The quantitative estimate of drug-likeness (QED) is 0.678. The van der Waals surface area contributed by atoms with E-state index in [1.165, 1.54) is 4.90 Å². The van der Waals surface area contributed by atoms with Gasteiger partial charge in [-0.05, 0) is 18.6 Å². The van der Waals surface area contributed by atoms with Crippen molar-refractivity contribution in [2.45, 2.75) is 31.7 Å². The fraction of sp³-hybridized carbons (Fsp3) is 0.474. The summed E-state index contributed by atoms with van der Waals surface area (Å²) < 4.78 is 81.5. The number of halogens is 6. The number of aromatic amines is 1. The molecule has 2 aromatic heterocycles. The van der Waals surface area contributed by atoms with Crippen molar-refractivity contribution in [2.24, 2.45) is 0 Å². The van der Waals surface area contributed by atoms with Gasteiger partial charge in [-0.15, -0.1) is 0 Å². The summed E-state index contributed by atoms with van der Waals surface area (Å²) in [4.78, 5) is 36.2. The zero-order valence-electron chi connectivity index (χ0n) is 17.2. The molecular formula is C19H19F6N5O3. The molecule has 1 aliphatic rings. The highest BCUT2D eigenvalue weighted by molar-refractivity contribution is 5.68. The van der Waals surface area contributed by atoms with Crippen molar-refractivity contribution in [2.75, 3.05) is 31.1 Å². The van der Waals surface area contributed by atoms with E-state index in [-0.39, 0.29) is 50.2 Å². The van der Waals surface area contributed by atoms with Crippen LogP contribution in [0, 0.1) is 0 Å². The smallest absolute Gasteiger partial charge is 0.421 e. The summed E-state index contributed by atoms with van der Waals surface area (Å²) in [5, 5.41) is 0. The maximum atomic E-state index is 12.8. The van der Waals surface area contributed by atoms with Crippen molar-refractivity contribution in [3.05, 3.63) is 51.7 Å². The maximum absolute atomic E-state index is 12.8. The second-order valence-electron chi connectivity index (χ2n) is 7.37. The number of nitrogens with zero attached hydrogens (tertiary/aromatic N) is 4. The number of alkyl halides is 6. The molecule has 8 nitrogen and oxygen atoms in total. The van der Waals surface area contributed by atoms with Gasteiger partial charge in [-0.2, -0.15) is 26.3 Å². The summed E-state index contributed by atoms with van der Waals surface area (Å²) in [6.07, 6.45) is -7.57. The Morgan fingerprint density at radius 2 is 1.82 bits per heavy atom. The molecule has 0 aromatic carbocycles. The van der Waals surface area contributed by atoms with E-state index in [0.717, 1.165) is 6.20 Å². The number of nitrogens with one attached hydrogen (secondary N) is 1. The third-order valence-corrected chi connectivity index (χ3v) is 4.99. The summed E-state index contributed by atoms with van der Waals surface area (Å²) in [6, 6.07) is 0.383. The minimum atomic E-state index is -4.80. The monoisotopic (exact) mass is 479 g/mol. The first kappa shape index (κ1) is 24.3. The number of piperazine rings is 1. The maximum Gasteiger partial charge on any atom is 0.421 e. The number of H-pyrrole nitrogens is 1. The second-order valence-corrected chi connectivity index (χ2v) is 7.37. The molecule has 2 aromatic rings. The normalized spacial score (nSPS) is 17.2. The van der Waals surface area contributed by atoms with Crippen LogP contribution < -0.4 is 10.5 Å². The van der Waals surface area contributed by atoms with Gasteiger partial charge in [0, 0.05) is 50.7 Å². The molecule has 0 saturated carbocycles. The SMILES string of the molecule is C[C@H]1CN(C(=O)OCCc2c[nH]c(=O)c(C(F)(F)F)c2)CCN1c1ncc(C(F)(F)F)cn1. The van der Waals surface area contributed by atoms with Gasteiger partial charge in [0.1, 0.15) is 5.56 Å².